The molecule has 8 N–H and O–H groups in total. The molecule has 0 aromatic heterocycles. The standard InChI is InChI=1S/C31H28N4/c32-13-2-1-7-24-17-25(8-4-14-33)20-30(19-24)28-11-3-12-29(23-28)31-21-26(9-5-15-34)18-27(22-31)10-6-16-35/h3,11-12,17-23H,2,13-16,32-35H2. The van der Waals surface area contributed by atoms with Crippen LogP contribution in [0.3, 0.4) is 0 Å². The van der Waals surface area contributed by atoms with E-state index in [9.17, 15) is 0 Å². The number of benzene rings is 3. The van der Waals surface area contributed by atoms with Crippen molar-refractivity contribution in [3.8, 4) is 69.6 Å². The molecule has 3 rings (SSSR count). The highest BCUT2D eigenvalue weighted by Crippen LogP contribution is 2.29. The molecular weight excluding hydrogens is 428 g/mol. The largest absolute Gasteiger partial charge is 0.330 e. The summed E-state index contributed by atoms with van der Waals surface area (Å²) in [6.07, 6.45) is 0.641. The van der Waals surface area contributed by atoms with Gasteiger partial charge in [0.15, 0.2) is 0 Å². The molecule has 4 heteroatoms. The van der Waals surface area contributed by atoms with Gasteiger partial charge in [-0.2, -0.15) is 0 Å². The molecular formula is C31H28N4. The summed E-state index contributed by atoms with van der Waals surface area (Å²) in [7, 11) is 0. The Hall–Kier alpha value is -4.26. The van der Waals surface area contributed by atoms with Crippen LogP contribution in [-0.2, 0) is 0 Å². The number of rotatable bonds is 3. The number of nitrogens with two attached hydrogens (primary N) is 4. The van der Waals surface area contributed by atoms with Crippen LogP contribution in [0.15, 0.2) is 60.7 Å². The van der Waals surface area contributed by atoms with Gasteiger partial charge in [0, 0.05) is 35.2 Å². The quantitative estimate of drug-likeness (QED) is 0.455. The van der Waals surface area contributed by atoms with E-state index in [1.807, 2.05) is 30.3 Å². The van der Waals surface area contributed by atoms with Crippen LogP contribution in [0.5, 0.6) is 0 Å². The Balaban J connectivity index is 2.10. The van der Waals surface area contributed by atoms with Crippen molar-refractivity contribution < 1.29 is 0 Å². The van der Waals surface area contributed by atoms with Crippen LogP contribution < -0.4 is 22.9 Å². The first-order valence-corrected chi connectivity index (χ1v) is 11.3. The molecule has 0 saturated heterocycles. The van der Waals surface area contributed by atoms with Gasteiger partial charge in [0.25, 0.3) is 0 Å². The second kappa shape index (κ2) is 13.4. The van der Waals surface area contributed by atoms with Crippen molar-refractivity contribution in [3.05, 3.63) is 82.9 Å². The van der Waals surface area contributed by atoms with Crippen LogP contribution in [0, 0.1) is 47.4 Å². The Kier molecular flexibility index (Phi) is 9.75. The first-order valence-electron chi connectivity index (χ1n) is 11.3. The summed E-state index contributed by atoms with van der Waals surface area (Å²) in [5, 5.41) is 0. The molecule has 0 radical (unpaired) electrons. The monoisotopic (exact) mass is 456 g/mol. The lowest BCUT2D eigenvalue weighted by molar-refractivity contribution is 1.03. The molecule has 0 heterocycles. The van der Waals surface area contributed by atoms with Gasteiger partial charge in [-0.25, -0.2) is 0 Å². The van der Waals surface area contributed by atoms with E-state index in [1.54, 1.807) is 0 Å². The summed E-state index contributed by atoms with van der Waals surface area (Å²) >= 11 is 0. The van der Waals surface area contributed by atoms with Gasteiger partial charge < -0.3 is 22.9 Å². The van der Waals surface area contributed by atoms with Crippen LogP contribution in [0.2, 0.25) is 0 Å². The minimum Gasteiger partial charge on any atom is -0.330 e. The van der Waals surface area contributed by atoms with Crippen molar-refractivity contribution >= 4 is 0 Å². The average molecular weight is 457 g/mol. The molecule has 172 valence electrons. The predicted molar refractivity (Wildman–Crippen MR) is 146 cm³/mol. The maximum atomic E-state index is 5.59. The van der Waals surface area contributed by atoms with Gasteiger partial charge in [-0.05, 0) is 64.7 Å². The lowest BCUT2D eigenvalue weighted by Crippen LogP contribution is -1.95. The lowest BCUT2D eigenvalue weighted by atomic mass is 9.95. The molecule has 0 amide bonds. The SMILES string of the molecule is NCC#Cc1cc(C#CCN)cc(-c2cccc(-c3cc(C#CCN)cc(C#CCCN)c3)c2)c1. The van der Waals surface area contributed by atoms with Crippen molar-refractivity contribution in [3.63, 3.8) is 0 Å². The van der Waals surface area contributed by atoms with E-state index >= 15 is 0 Å². The van der Waals surface area contributed by atoms with Gasteiger partial charge in [-0.3, -0.25) is 0 Å². The summed E-state index contributed by atoms with van der Waals surface area (Å²) in [6, 6.07) is 20.4. The second-order valence-corrected chi connectivity index (χ2v) is 7.54. The van der Waals surface area contributed by atoms with Crippen molar-refractivity contribution in [1.82, 2.24) is 0 Å². The predicted octanol–water partition coefficient (Wildman–Crippen LogP) is 2.65. The summed E-state index contributed by atoms with van der Waals surface area (Å²) in [5.74, 6) is 24.4. The van der Waals surface area contributed by atoms with E-state index < -0.39 is 0 Å². The molecule has 3 aromatic rings. The minimum atomic E-state index is 0.295. The topological polar surface area (TPSA) is 104 Å². The summed E-state index contributed by atoms with van der Waals surface area (Å²) in [6.45, 7) is 1.42. The molecule has 0 saturated carbocycles. The number of hydrogen-bond donors (Lipinski definition) is 4. The molecule has 4 nitrogen and oxygen atoms in total. The van der Waals surface area contributed by atoms with E-state index in [4.69, 9.17) is 22.9 Å². The van der Waals surface area contributed by atoms with E-state index in [1.165, 1.54) is 0 Å². The Morgan fingerprint density at radius 1 is 0.457 bits per heavy atom. The summed E-state index contributed by atoms with van der Waals surface area (Å²) in [5.41, 5.74) is 29.9. The van der Waals surface area contributed by atoms with Gasteiger partial charge in [-0.15, -0.1) is 0 Å². The Labute approximate surface area is 208 Å². The maximum Gasteiger partial charge on any atom is 0.0555 e. The van der Waals surface area contributed by atoms with Crippen LogP contribution in [0.1, 0.15) is 28.7 Å². The highest BCUT2D eigenvalue weighted by Gasteiger charge is 2.06. The second-order valence-electron chi connectivity index (χ2n) is 7.54. The molecule has 0 aliphatic heterocycles. The maximum absolute atomic E-state index is 5.59. The zero-order valence-electron chi connectivity index (χ0n) is 19.6. The molecule has 0 aliphatic carbocycles. The Morgan fingerprint density at radius 2 is 0.857 bits per heavy atom. The zero-order valence-corrected chi connectivity index (χ0v) is 19.6. The molecule has 0 unspecified atom stereocenters. The van der Waals surface area contributed by atoms with Gasteiger partial charge in [-0.1, -0.05) is 65.6 Å². The Bertz CT molecular complexity index is 1400. The third kappa shape index (κ3) is 7.64. The molecule has 0 bridgehead atoms. The zero-order chi connectivity index (χ0) is 24.9. The van der Waals surface area contributed by atoms with Crippen LogP contribution >= 0.6 is 0 Å². The molecule has 0 fully saturated rings. The fraction of sp³-hybridized carbons (Fsp3) is 0.161. The lowest BCUT2D eigenvalue weighted by Gasteiger charge is -2.09. The van der Waals surface area contributed by atoms with Crippen LogP contribution in [0.4, 0.5) is 0 Å². The minimum absolute atomic E-state index is 0.295. The fourth-order valence-electron chi connectivity index (χ4n) is 3.45. The van der Waals surface area contributed by atoms with E-state index in [2.05, 4.69) is 77.7 Å². The molecule has 35 heavy (non-hydrogen) atoms. The summed E-state index contributed by atoms with van der Waals surface area (Å²) in [4.78, 5) is 0. The first-order chi connectivity index (χ1) is 17.2. The molecule has 0 aliphatic rings. The van der Waals surface area contributed by atoms with Crippen molar-refractivity contribution in [1.29, 1.82) is 0 Å². The van der Waals surface area contributed by atoms with Crippen molar-refractivity contribution in [2.45, 2.75) is 6.42 Å². The number of hydrogen-bond acceptors (Lipinski definition) is 4. The van der Waals surface area contributed by atoms with Gasteiger partial charge >= 0.3 is 0 Å². The van der Waals surface area contributed by atoms with E-state index in [-0.39, 0.29) is 0 Å². The molecule has 0 atom stereocenters. The van der Waals surface area contributed by atoms with E-state index in [0.29, 0.717) is 32.6 Å². The highest BCUT2D eigenvalue weighted by molar-refractivity contribution is 5.76. The third-order valence-corrected chi connectivity index (χ3v) is 4.90. The average Bonchev–Trinajstić information content (AvgIpc) is 2.89. The highest BCUT2D eigenvalue weighted by atomic mass is 14.5. The van der Waals surface area contributed by atoms with Gasteiger partial charge in [0.1, 0.15) is 0 Å². The van der Waals surface area contributed by atoms with Crippen molar-refractivity contribution in [2.75, 3.05) is 26.2 Å². The normalized spacial score (nSPS) is 9.37. The summed E-state index contributed by atoms with van der Waals surface area (Å²) < 4.78 is 0. The van der Waals surface area contributed by atoms with Crippen LogP contribution in [0.25, 0.3) is 22.3 Å². The Morgan fingerprint density at radius 3 is 1.23 bits per heavy atom. The van der Waals surface area contributed by atoms with E-state index in [0.717, 1.165) is 44.5 Å². The molecule has 3 aromatic carbocycles. The first kappa shape index (κ1) is 25.4. The fourth-order valence-corrected chi connectivity index (χ4v) is 3.45. The third-order valence-electron chi connectivity index (χ3n) is 4.90. The van der Waals surface area contributed by atoms with Gasteiger partial charge in [0.05, 0.1) is 19.6 Å². The van der Waals surface area contributed by atoms with Crippen LogP contribution in [-0.4, -0.2) is 26.2 Å². The molecule has 0 spiro atoms. The van der Waals surface area contributed by atoms with Crippen molar-refractivity contribution in [2.24, 2.45) is 22.9 Å². The van der Waals surface area contributed by atoms with Gasteiger partial charge in [0.2, 0.25) is 0 Å². The smallest absolute Gasteiger partial charge is 0.0555 e.